The van der Waals surface area contributed by atoms with Gasteiger partial charge in [0, 0.05) is 5.56 Å². The average Bonchev–Trinajstić information content (AvgIpc) is 2.25. The van der Waals surface area contributed by atoms with Crippen LogP contribution in [-0.4, -0.2) is 12.9 Å². The second kappa shape index (κ2) is 5.16. The third kappa shape index (κ3) is 2.81. The van der Waals surface area contributed by atoms with Crippen LogP contribution in [0.4, 0.5) is 4.39 Å². The first-order valence-corrected chi connectivity index (χ1v) is 4.45. The maximum Gasteiger partial charge on any atom is 0.174 e. The standard InChI is InChI=1S/C12H11FO2/c1-3-4-5-11(14)9-6-7-12(15-2)10(13)8-9/h6-8H,5H2,1-2H3. The highest BCUT2D eigenvalue weighted by atomic mass is 19.1. The van der Waals surface area contributed by atoms with Crippen LogP contribution >= 0.6 is 0 Å². The molecule has 0 aliphatic heterocycles. The molecule has 0 saturated heterocycles. The van der Waals surface area contributed by atoms with Crippen molar-refractivity contribution in [1.29, 1.82) is 0 Å². The van der Waals surface area contributed by atoms with Crippen LogP contribution in [0, 0.1) is 17.7 Å². The van der Waals surface area contributed by atoms with Gasteiger partial charge in [0.1, 0.15) is 0 Å². The Kier molecular flexibility index (Phi) is 3.87. The largest absolute Gasteiger partial charge is 0.494 e. The van der Waals surface area contributed by atoms with Gasteiger partial charge in [0.05, 0.1) is 13.5 Å². The van der Waals surface area contributed by atoms with Gasteiger partial charge in [0.15, 0.2) is 17.3 Å². The van der Waals surface area contributed by atoms with Crippen LogP contribution in [0.2, 0.25) is 0 Å². The Balaban J connectivity index is 2.90. The smallest absolute Gasteiger partial charge is 0.174 e. The van der Waals surface area contributed by atoms with Crippen LogP contribution < -0.4 is 4.74 Å². The summed E-state index contributed by atoms with van der Waals surface area (Å²) in [6.45, 7) is 1.65. The SMILES string of the molecule is CC#CCC(=O)c1ccc(OC)c(F)c1. The van der Waals surface area contributed by atoms with Crippen molar-refractivity contribution in [2.45, 2.75) is 13.3 Å². The molecule has 1 aromatic rings. The fourth-order valence-corrected chi connectivity index (χ4v) is 1.11. The number of ether oxygens (including phenoxy) is 1. The number of hydrogen-bond donors (Lipinski definition) is 0. The quantitative estimate of drug-likeness (QED) is 0.560. The van der Waals surface area contributed by atoms with Crippen LogP contribution in [0.1, 0.15) is 23.7 Å². The molecule has 1 aromatic carbocycles. The van der Waals surface area contributed by atoms with Gasteiger partial charge in [-0.25, -0.2) is 4.39 Å². The van der Waals surface area contributed by atoms with Gasteiger partial charge in [-0.15, -0.1) is 5.92 Å². The second-order valence-electron chi connectivity index (χ2n) is 2.88. The first-order chi connectivity index (χ1) is 7.19. The Morgan fingerprint density at radius 3 is 2.80 bits per heavy atom. The Bertz CT molecular complexity index is 427. The van der Waals surface area contributed by atoms with Gasteiger partial charge in [-0.1, -0.05) is 5.92 Å². The number of rotatable bonds is 3. The molecule has 0 spiro atoms. The van der Waals surface area contributed by atoms with Crippen LogP contribution in [0.15, 0.2) is 18.2 Å². The number of halogens is 1. The molecule has 0 radical (unpaired) electrons. The highest BCUT2D eigenvalue weighted by molar-refractivity contribution is 5.97. The minimum Gasteiger partial charge on any atom is -0.494 e. The third-order valence-corrected chi connectivity index (χ3v) is 1.90. The number of carbonyl (C=O) groups is 1. The van der Waals surface area contributed by atoms with Crippen LogP contribution in [-0.2, 0) is 0 Å². The first kappa shape index (κ1) is 11.3. The Labute approximate surface area is 88.1 Å². The number of ketones is 1. The van der Waals surface area contributed by atoms with Gasteiger partial charge in [-0.05, 0) is 25.1 Å². The monoisotopic (exact) mass is 206 g/mol. The van der Waals surface area contributed by atoms with Gasteiger partial charge in [0.2, 0.25) is 0 Å². The summed E-state index contributed by atoms with van der Waals surface area (Å²) in [5.41, 5.74) is 0.316. The summed E-state index contributed by atoms with van der Waals surface area (Å²) in [4.78, 5) is 11.4. The average molecular weight is 206 g/mol. The molecule has 0 bridgehead atoms. The molecule has 0 aromatic heterocycles. The van der Waals surface area contributed by atoms with Crippen LogP contribution in [0.25, 0.3) is 0 Å². The summed E-state index contributed by atoms with van der Waals surface area (Å²) < 4.78 is 18.0. The molecule has 1 rings (SSSR count). The van der Waals surface area contributed by atoms with Crippen molar-refractivity contribution < 1.29 is 13.9 Å². The van der Waals surface area contributed by atoms with E-state index in [1.54, 1.807) is 6.92 Å². The maximum atomic E-state index is 13.2. The summed E-state index contributed by atoms with van der Waals surface area (Å²) in [5, 5.41) is 0. The van der Waals surface area contributed by atoms with Crippen molar-refractivity contribution in [2.75, 3.05) is 7.11 Å². The lowest BCUT2D eigenvalue weighted by Crippen LogP contribution is -1.99. The minimum atomic E-state index is -0.534. The Morgan fingerprint density at radius 2 is 2.27 bits per heavy atom. The van der Waals surface area contributed by atoms with Crippen molar-refractivity contribution in [3.63, 3.8) is 0 Å². The highest BCUT2D eigenvalue weighted by Gasteiger charge is 2.08. The van der Waals surface area contributed by atoms with E-state index in [4.69, 9.17) is 4.74 Å². The Hall–Kier alpha value is -1.82. The van der Waals surface area contributed by atoms with Crippen molar-refractivity contribution >= 4 is 5.78 Å². The number of Topliss-reactive ketones (excluding diaryl/α,β-unsaturated/α-hetero) is 1. The molecule has 0 aliphatic carbocycles. The number of carbonyl (C=O) groups excluding carboxylic acids is 1. The molecule has 0 saturated carbocycles. The van der Waals surface area contributed by atoms with E-state index in [0.29, 0.717) is 5.56 Å². The number of methoxy groups -OCH3 is 1. The zero-order valence-electron chi connectivity index (χ0n) is 8.63. The third-order valence-electron chi connectivity index (χ3n) is 1.90. The van der Waals surface area contributed by atoms with E-state index in [1.165, 1.54) is 25.3 Å². The van der Waals surface area contributed by atoms with Gasteiger partial charge < -0.3 is 4.74 Å². The van der Waals surface area contributed by atoms with Gasteiger partial charge in [0.25, 0.3) is 0 Å². The van der Waals surface area contributed by atoms with E-state index < -0.39 is 5.82 Å². The predicted octanol–water partition coefficient (Wildman–Crippen LogP) is 2.43. The zero-order valence-corrected chi connectivity index (χ0v) is 8.63. The van der Waals surface area contributed by atoms with Gasteiger partial charge >= 0.3 is 0 Å². The summed E-state index contributed by atoms with van der Waals surface area (Å²) in [6.07, 6.45) is 0.113. The molecule has 0 aliphatic rings. The van der Waals surface area contributed by atoms with Crippen molar-refractivity contribution in [2.24, 2.45) is 0 Å². The van der Waals surface area contributed by atoms with Crippen LogP contribution in [0.3, 0.4) is 0 Å². The molecule has 0 N–H and O–H groups in total. The molecule has 3 heteroatoms. The van der Waals surface area contributed by atoms with E-state index in [1.807, 2.05) is 0 Å². The summed E-state index contributed by atoms with van der Waals surface area (Å²) in [5.74, 6) is 4.67. The second-order valence-corrected chi connectivity index (χ2v) is 2.88. The molecule has 0 fully saturated rings. The fourth-order valence-electron chi connectivity index (χ4n) is 1.11. The molecule has 0 heterocycles. The summed E-state index contributed by atoms with van der Waals surface area (Å²) >= 11 is 0. The summed E-state index contributed by atoms with van der Waals surface area (Å²) in [6, 6.07) is 4.13. The molecule has 15 heavy (non-hydrogen) atoms. The minimum absolute atomic E-state index is 0.113. The lowest BCUT2D eigenvalue weighted by atomic mass is 10.1. The van der Waals surface area contributed by atoms with Gasteiger partial charge in [-0.2, -0.15) is 0 Å². The van der Waals surface area contributed by atoms with Crippen molar-refractivity contribution in [3.05, 3.63) is 29.6 Å². The summed E-state index contributed by atoms with van der Waals surface area (Å²) in [7, 11) is 1.38. The van der Waals surface area contributed by atoms with Gasteiger partial charge in [-0.3, -0.25) is 4.79 Å². The van der Waals surface area contributed by atoms with Crippen molar-refractivity contribution in [3.8, 4) is 17.6 Å². The number of hydrogen-bond acceptors (Lipinski definition) is 2. The lowest BCUT2D eigenvalue weighted by molar-refractivity contribution is 0.0997. The van der Waals surface area contributed by atoms with E-state index >= 15 is 0 Å². The first-order valence-electron chi connectivity index (χ1n) is 4.45. The van der Waals surface area contributed by atoms with E-state index in [2.05, 4.69) is 11.8 Å². The normalized spacial score (nSPS) is 9.00. The molecule has 2 nitrogen and oxygen atoms in total. The molecular weight excluding hydrogens is 195 g/mol. The lowest BCUT2D eigenvalue weighted by Gasteiger charge is -2.02. The predicted molar refractivity (Wildman–Crippen MR) is 55.3 cm³/mol. The number of benzene rings is 1. The van der Waals surface area contributed by atoms with E-state index in [0.717, 1.165) is 0 Å². The topological polar surface area (TPSA) is 26.3 Å². The zero-order chi connectivity index (χ0) is 11.3. The fraction of sp³-hybridized carbons (Fsp3) is 0.250. The van der Waals surface area contributed by atoms with Crippen molar-refractivity contribution in [1.82, 2.24) is 0 Å². The molecule has 0 atom stereocenters. The molecule has 0 unspecified atom stereocenters. The molecule has 0 amide bonds. The maximum absolute atomic E-state index is 13.2. The molecule has 78 valence electrons. The van der Waals surface area contributed by atoms with E-state index in [9.17, 15) is 9.18 Å². The Morgan fingerprint density at radius 1 is 1.53 bits per heavy atom. The van der Waals surface area contributed by atoms with E-state index in [-0.39, 0.29) is 18.0 Å². The highest BCUT2D eigenvalue weighted by Crippen LogP contribution is 2.18. The van der Waals surface area contributed by atoms with Crippen LogP contribution in [0.5, 0.6) is 5.75 Å². The molecular formula is C12H11FO2.